The van der Waals surface area contributed by atoms with Gasteiger partial charge in [0.05, 0.1) is 58.4 Å². The maximum absolute atomic E-state index is 16.6. The number of amides is 5. The SMILES string of the molecule is CC[C@H](CC(C)C)C(=O)N[C@H]1C(=O)C[C@@H](CC(N)=O)C(=O)N[C@H]2C(=O)C[C@H]3C(=O)N[C@H](C(=O)N[C@H](OC=O)c4cc(O)c(CNCCCCC(=O)[C@H](O)[C@@H](O)[C@H](O)[C@H](O)CO)c(O)c4-c4cc3ccc4O)[C@H](O)c3ccc(c(Cl)c3)Oc3cc2cc(c3O[C@@H]2O[C@H](CO)C(O)C(O)[C@H]2O[C@H]2CC(C)(NCc3ccc(-c4ccc(C(F)(F)F)cc4)cc3)[C@H](O)[C@H](C)O2)Oc2ccc(cc2Cl)[C@H]1O. The highest BCUT2D eigenvalue weighted by molar-refractivity contribution is 6.32. The van der Waals surface area contributed by atoms with Crippen molar-refractivity contribution in [1.82, 2.24) is 31.9 Å². The molecule has 37 nitrogen and oxygen atoms in total. The highest BCUT2D eigenvalue weighted by Gasteiger charge is 2.53. The number of ether oxygens (including phenoxy) is 7. The summed E-state index contributed by atoms with van der Waals surface area (Å²) in [6.45, 7) is 5.95. The Bertz CT molecular complexity index is 5530. The molecule has 0 radical (unpaired) electrons. The number of aliphatic hydroxyl groups excluding tert-OH is 11. The lowest BCUT2D eigenvalue weighted by atomic mass is 9.84. The molecule has 7 heterocycles. The number of aliphatic hydroxyl groups is 11. The molecule has 136 heavy (non-hydrogen) atoms. The molecule has 7 aromatic carbocycles. The molecular formula is C94H108Cl2F3N7O30. The van der Waals surface area contributed by atoms with Crippen LogP contribution in [0.3, 0.4) is 0 Å². The van der Waals surface area contributed by atoms with Crippen molar-refractivity contribution < 1.29 is 161 Å². The lowest BCUT2D eigenvalue weighted by Gasteiger charge is -2.48. The van der Waals surface area contributed by atoms with Gasteiger partial charge in [-0.15, -0.1) is 0 Å². The average molecular weight is 1940 g/mol. The van der Waals surface area contributed by atoms with Crippen molar-refractivity contribution in [3.63, 3.8) is 0 Å². The van der Waals surface area contributed by atoms with Crippen molar-refractivity contribution in [2.45, 2.75) is 233 Å². The number of rotatable bonds is 30. The number of fused-ring (bicyclic) bond motifs is 15. The molecule has 0 aromatic heterocycles. The van der Waals surface area contributed by atoms with Gasteiger partial charge in [-0.05, 0) is 158 Å². The summed E-state index contributed by atoms with van der Waals surface area (Å²) in [6, 6.07) is 18.1. The van der Waals surface area contributed by atoms with E-state index < -0.39 is 299 Å². The van der Waals surface area contributed by atoms with Gasteiger partial charge in [0.25, 0.3) is 6.47 Å². The van der Waals surface area contributed by atoms with Crippen LogP contribution in [0.4, 0.5) is 13.2 Å². The summed E-state index contributed by atoms with van der Waals surface area (Å²) in [5.41, 5.74) is 2.39. The summed E-state index contributed by atoms with van der Waals surface area (Å²) in [4.78, 5) is 132. The molecule has 7 aliphatic heterocycles. The van der Waals surface area contributed by atoms with Gasteiger partial charge >= 0.3 is 6.18 Å². The molecule has 14 rings (SSSR count). The van der Waals surface area contributed by atoms with Crippen molar-refractivity contribution >= 4 is 76.6 Å². The summed E-state index contributed by atoms with van der Waals surface area (Å²) in [6.07, 6.45) is -36.4. The quantitative estimate of drug-likeness (QED) is 0.0199. The van der Waals surface area contributed by atoms with Crippen molar-refractivity contribution in [2.75, 3.05) is 19.8 Å². The van der Waals surface area contributed by atoms with Gasteiger partial charge in [0.1, 0.15) is 102 Å². The number of hydrogen-bond donors (Lipinski definition) is 21. The Hall–Kier alpha value is -11.1. The van der Waals surface area contributed by atoms with Crippen LogP contribution in [0, 0.1) is 17.8 Å². The highest BCUT2D eigenvalue weighted by Crippen LogP contribution is 2.52. The minimum absolute atomic E-state index is 0.0122. The first kappa shape index (κ1) is 104. The molecule has 42 heteroatoms. The lowest BCUT2D eigenvalue weighted by Crippen LogP contribution is -2.65. The number of unbranched alkanes of at least 4 members (excludes halogenated alkanes) is 1. The zero-order valence-corrected chi connectivity index (χ0v) is 75.5. The smallest absolute Gasteiger partial charge is 0.416 e. The second-order valence-corrected chi connectivity index (χ2v) is 35.8. The van der Waals surface area contributed by atoms with E-state index in [0.29, 0.717) is 23.1 Å². The first-order chi connectivity index (χ1) is 64.4. The van der Waals surface area contributed by atoms with E-state index in [1.54, 1.807) is 38.1 Å². The summed E-state index contributed by atoms with van der Waals surface area (Å²) in [5, 5.41) is 174. The number of primary amides is 1. The molecule has 0 saturated carbocycles. The Balaban J connectivity index is 0.998. The van der Waals surface area contributed by atoms with Crippen LogP contribution in [-0.4, -0.2) is 236 Å². The Labute approximate surface area is 786 Å². The minimum Gasteiger partial charge on any atom is -0.507 e. The number of Topliss-reactive ketones (excluding diaryl/α,β-unsaturated/α-hetero) is 3. The maximum Gasteiger partial charge on any atom is 0.416 e. The third-order valence-electron chi connectivity index (χ3n) is 24.9. The Kier molecular flexibility index (Phi) is 34.0. The summed E-state index contributed by atoms with van der Waals surface area (Å²) in [7, 11) is 0. The van der Waals surface area contributed by atoms with Crippen LogP contribution in [0.1, 0.15) is 167 Å². The first-order valence-corrected chi connectivity index (χ1v) is 44.6. The molecule has 3 unspecified atom stereocenters. The van der Waals surface area contributed by atoms with E-state index in [2.05, 4.69) is 31.9 Å². The monoisotopic (exact) mass is 1940 g/mol. The average Bonchev–Trinajstić information content (AvgIpc) is 0.760. The van der Waals surface area contributed by atoms with Gasteiger partial charge in [-0.3, -0.25) is 43.2 Å². The van der Waals surface area contributed by atoms with Gasteiger partial charge in [-0.25, -0.2) is 0 Å². The number of aromatic hydroxyl groups is 3. The van der Waals surface area contributed by atoms with Crippen LogP contribution < -0.4 is 51.8 Å². The van der Waals surface area contributed by atoms with Gasteiger partial charge in [-0.2, -0.15) is 13.2 Å². The molecular weight excluding hydrogens is 1830 g/mol. The van der Waals surface area contributed by atoms with E-state index in [4.69, 9.17) is 62.1 Å². The normalized spacial score (nSPS) is 26.1. The molecule has 22 atom stereocenters. The first-order valence-electron chi connectivity index (χ1n) is 43.8. The van der Waals surface area contributed by atoms with E-state index in [0.717, 1.165) is 72.8 Å². The highest BCUT2D eigenvalue weighted by atomic mass is 35.5. The molecule has 22 N–H and O–H groups in total. The van der Waals surface area contributed by atoms with Crippen molar-refractivity contribution in [1.29, 1.82) is 0 Å². The largest absolute Gasteiger partial charge is 0.507 e. The number of carbonyl (C=O) groups excluding carboxylic acids is 9. The maximum atomic E-state index is 16.6. The van der Waals surface area contributed by atoms with Crippen molar-refractivity contribution in [3.05, 3.63) is 176 Å². The molecule has 2 saturated heterocycles. The van der Waals surface area contributed by atoms with Crippen molar-refractivity contribution in [2.24, 2.45) is 23.5 Å². The van der Waals surface area contributed by atoms with E-state index in [-0.39, 0.29) is 90.6 Å². The predicted molar refractivity (Wildman–Crippen MR) is 474 cm³/mol. The third-order valence-corrected chi connectivity index (χ3v) is 25.5. The van der Waals surface area contributed by atoms with Gasteiger partial charge < -0.3 is 142 Å². The molecule has 11 bridgehead atoms. The number of phenolic OH excluding ortho intramolecular Hbond substituents is 3. The summed E-state index contributed by atoms with van der Waals surface area (Å²) < 4.78 is 85.5. The number of nitrogens with one attached hydrogen (secondary N) is 6. The fraction of sp³-hybridized carbons (Fsp3) is 0.457. The molecule has 0 aliphatic carbocycles. The molecule has 7 aliphatic rings. The van der Waals surface area contributed by atoms with Crippen LogP contribution >= 0.6 is 23.2 Å². The number of phenols is 3. The topological polar surface area (TPSA) is 600 Å². The zero-order chi connectivity index (χ0) is 99.0. The van der Waals surface area contributed by atoms with E-state index in [9.17, 15) is 104 Å². The van der Waals surface area contributed by atoms with E-state index in [1.165, 1.54) is 31.2 Å². The number of carbonyl (C=O) groups is 9. The number of hydrogen-bond acceptors (Lipinski definition) is 32. The Morgan fingerprint density at radius 3 is 1.93 bits per heavy atom. The van der Waals surface area contributed by atoms with Gasteiger partial charge in [0.2, 0.25) is 47.8 Å². The zero-order valence-electron chi connectivity index (χ0n) is 74.0. The minimum atomic E-state index is -4.56. The molecule has 5 amide bonds. The third kappa shape index (κ3) is 23.8. The van der Waals surface area contributed by atoms with Crippen molar-refractivity contribution in [3.8, 4) is 68.2 Å². The predicted octanol–water partition coefficient (Wildman–Crippen LogP) is 5.35. The number of ketones is 3. The summed E-state index contributed by atoms with van der Waals surface area (Å²) >= 11 is 14.5. The Morgan fingerprint density at radius 2 is 1.34 bits per heavy atom. The molecule has 734 valence electrons. The molecule has 7 aromatic rings. The number of alkyl halides is 3. The molecule has 2 fully saturated rings. The van der Waals surface area contributed by atoms with Gasteiger partial charge in [-0.1, -0.05) is 98.6 Å². The van der Waals surface area contributed by atoms with Crippen LogP contribution in [-0.2, 0) is 81.4 Å². The second kappa shape index (κ2) is 44.6. The Morgan fingerprint density at radius 1 is 0.706 bits per heavy atom. The van der Waals surface area contributed by atoms with E-state index >= 15 is 24.0 Å². The lowest BCUT2D eigenvalue weighted by molar-refractivity contribution is -0.334. The van der Waals surface area contributed by atoms with Gasteiger partial charge in [0.15, 0.2) is 41.2 Å². The number of benzene rings is 7. The number of nitrogens with two attached hydrogens (primary N) is 1. The van der Waals surface area contributed by atoms with E-state index in [1.807, 2.05) is 13.8 Å². The fourth-order valence-electron chi connectivity index (χ4n) is 17.2. The van der Waals surface area contributed by atoms with Crippen LogP contribution in [0.5, 0.6) is 46.0 Å². The number of halogens is 5. The van der Waals surface area contributed by atoms with Crippen LogP contribution in [0.25, 0.3) is 22.3 Å². The molecule has 0 spiro atoms. The van der Waals surface area contributed by atoms with Gasteiger partial charge in [0, 0.05) is 73.3 Å². The second-order valence-electron chi connectivity index (χ2n) is 35.0. The fourth-order valence-corrected chi connectivity index (χ4v) is 17.6. The summed E-state index contributed by atoms with van der Waals surface area (Å²) in [5.74, 6) is -19.2. The van der Waals surface area contributed by atoms with Crippen LogP contribution in [0.15, 0.2) is 121 Å². The standard InChI is InChI=1S/C94H108Cl2F3N7O30/c1-6-44(25-41(2)3)87(126)104-74-62(113)29-51(32-70(100)116)88(127)103-73-50-30-67(132-65-22-17-48(76(74)117)27-57(65)95)84(136-92-85(83(124)81(122)69(39-108)134-92)135-71-35-93(5,86(125)42(4)131-71)102-36-43-10-12-45(13-11-43)46-14-19-52(20-15-46)94(97,98)99)68(31-50)133-66-23-18-49(28-58(66)96)77(118)75-90(129)106-91(130-40-109)55-34-61(112)56(37-101-24-8-7-9-60(111)79(120)82(123)80(121)64(115)38-107)78(119)72(55)54-26-47(16-21-59(54)110)53(33-63(73)114)89(128)105-75/h10-23,26-28,30-31,34,40-42,44,51,53,64,69,71,73-77,79-83,85-86,91-92,101-102,107-108,110,112,115,117-125H,6-9,24-25,29,32-33,35-39H2,1-5H3,(H2,100,116)(H,103,127)(H,104,126)(H,105,128)(H,106,129)/t42-,44+,51-,53+,64+,69+,71-,73+,74-,75-,76+,77+,79-,80+,81?,82+,83?,85+,86+,91+,92-,93?/m0/s1. The van der Waals surface area contributed by atoms with Crippen LogP contribution in [0.2, 0.25) is 10.0 Å².